The maximum absolute atomic E-state index is 10.8. The molecule has 0 bridgehead atoms. The van der Waals surface area contributed by atoms with Gasteiger partial charge < -0.3 is 18.1 Å². The first-order valence-electron chi connectivity index (χ1n) is 8.85. The Bertz CT molecular complexity index is 346. The number of unbranched alkanes of at least 4 members (excludes halogenated alkanes) is 1. The maximum Gasteiger partial charge on any atom is 0.465 e. The summed E-state index contributed by atoms with van der Waals surface area (Å²) in [5, 5.41) is 0. The van der Waals surface area contributed by atoms with Crippen molar-refractivity contribution in [1.29, 1.82) is 0 Å². The predicted octanol–water partition coefficient (Wildman–Crippen LogP) is 1.02. The second-order valence-electron chi connectivity index (χ2n) is 7.04. The fourth-order valence-corrected chi connectivity index (χ4v) is 21.0. The molecule has 0 amide bonds. The molecule has 1 aliphatic carbocycles. The quantitative estimate of drug-likeness (QED) is 0.215. The molecule has 138 valence electrons. The number of hydrogen-bond donors (Lipinski definition) is 3. The third-order valence-electron chi connectivity index (χ3n) is 5.11. The Balaban J connectivity index is 2.69. The van der Waals surface area contributed by atoms with Gasteiger partial charge in [0.2, 0.25) is 0 Å². The molecule has 10 heteroatoms. The first-order chi connectivity index (χ1) is 10.8. The molecule has 0 heterocycles. The van der Waals surface area contributed by atoms with Crippen molar-refractivity contribution in [3.8, 4) is 0 Å². The Morgan fingerprint density at radius 3 is 2.43 bits per heavy atom. The van der Waals surface area contributed by atoms with E-state index in [4.69, 9.17) is 8.54 Å². The lowest BCUT2D eigenvalue weighted by molar-refractivity contribution is 0.230. The van der Waals surface area contributed by atoms with E-state index in [0.29, 0.717) is 12.1 Å². The Kier molecular flexibility index (Phi) is 9.82. The van der Waals surface area contributed by atoms with Gasteiger partial charge in [-0.05, 0) is 31.4 Å². The fraction of sp³-hybridized carbons (Fsp3) is 1.00. The topological polar surface area (TPSA) is 79.2 Å². The van der Waals surface area contributed by atoms with Crippen molar-refractivity contribution in [2.75, 3.05) is 6.61 Å². The van der Waals surface area contributed by atoms with Crippen molar-refractivity contribution in [2.24, 2.45) is 0 Å². The first-order valence-corrected chi connectivity index (χ1v) is 18.3. The van der Waals surface area contributed by atoms with E-state index >= 15 is 0 Å². The van der Waals surface area contributed by atoms with Crippen LogP contribution in [0.3, 0.4) is 0 Å². The van der Waals surface area contributed by atoms with Crippen molar-refractivity contribution >= 4 is 47.0 Å². The molecule has 4 unspecified atom stereocenters. The second-order valence-corrected chi connectivity index (χ2v) is 23.5. The van der Waals surface area contributed by atoms with Crippen LogP contribution >= 0.6 is 0 Å². The maximum atomic E-state index is 10.8. The zero-order valence-electron chi connectivity index (χ0n) is 15.0. The first kappa shape index (κ1) is 22.1. The number of rotatable bonds is 10. The van der Waals surface area contributed by atoms with E-state index in [-0.39, 0.29) is 16.3 Å². The van der Waals surface area contributed by atoms with Crippen molar-refractivity contribution in [3.05, 3.63) is 0 Å². The van der Waals surface area contributed by atoms with Crippen LogP contribution in [0, 0.1) is 0 Å². The van der Waals surface area contributed by atoms with Crippen LogP contribution in [0.2, 0.25) is 23.4 Å². The zero-order chi connectivity index (χ0) is 17.5. The Morgan fingerprint density at radius 1 is 1.30 bits per heavy atom. The summed E-state index contributed by atoms with van der Waals surface area (Å²) in [5.74, 6) is 0. The minimum atomic E-state index is -2.87. The lowest BCUT2D eigenvalue weighted by atomic mass is 10.0. The minimum absolute atomic E-state index is 0.0516. The Hall–Kier alpha value is 1.02. The molecule has 0 spiro atoms. The van der Waals surface area contributed by atoms with Gasteiger partial charge in [-0.15, -0.1) is 0 Å². The van der Waals surface area contributed by atoms with Crippen molar-refractivity contribution in [3.63, 3.8) is 0 Å². The molecule has 0 saturated heterocycles. The molecular weight excluding hydrogens is 381 g/mol. The molecule has 0 aliphatic heterocycles. The fourth-order valence-electron chi connectivity index (χ4n) is 3.02. The van der Waals surface area contributed by atoms with Crippen LogP contribution in [0.25, 0.3) is 0 Å². The summed E-state index contributed by atoms with van der Waals surface area (Å²) >= 11 is 0.224. The third-order valence-corrected chi connectivity index (χ3v) is 29.1. The smallest absolute Gasteiger partial charge is 0.413 e. The molecule has 0 aromatic rings. The summed E-state index contributed by atoms with van der Waals surface area (Å²) < 4.78 is 21.9. The van der Waals surface area contributed by atoms with E-state index in [0.717, 1.165) is 35.9 Å². The largest absolute Gasteiger partial charge is 0.465 e. The highest BCUT2D eigenvalue weighted by Gasteiger charge is 2.59. The molecule has 1 aliphatic rings. The van der Waals surface area contributed by atoms with Gasteiger partial charge in [0.1, 0.15) is 0 Å². The lowest BCUT2D eigenvalue weighted by Gasteiger charge is -2.34. The number of hydrogen-bond acceptors (Lipinski definition) is 5. The van der Waals surface area contributed by atoms with Gasteiger partial charge in [-0.25, -0.2) is 4.55 Å². The standard InChI is InChI=1S/C13H34O5SSi4/c1-4-5-11-17-22(2,16)13(20)23(3,19-14)18-21(15)12-9-7-6-8-10-12/h12-16,21H,4-11H2,1-3,20H3/p+1. The molecule has 0 radical (unpaired) electrons. The molecule has 1 saturated carbocycles. The van der Waals surface area contributed by atoms with Gasteiger partial charge in [-0.1, -0.05) is 32.6 Å². The molecule has 1 rings (SSSR count). The molecule has 0 aromatic heterocycles. The lowest BCUT2D eigenvalue weighted by Crippen LogP contribution is -2.58. The van der Waals surface area contributed by atoms with Gasteiger partial charge in [0.15, 0.2) is 0 Å². The summed E-state index contributed by atoms with van der Waals surface area (Å²) in [7, 11) is -7.05. The van der Waals surface area contributed by atoms with Crippen molar-refractivity contribution < 1.29 is 22.7 Å². The van der Waals surface area contributed by atoms with Crippen LogP contribution in [0.4, 0.5) is 0 Å². The summed E-state index contributed by atoms with van der Waals surface area (Å²) in [6.07, 6.45) is 7.66. The highest BCUT2D eigenvalue weighted by Crippen LogP contribution is 2.35. The molecule has 0 aromatic carbocycles. The Labute approximate surface area is 151 Å². The SMILES string of the molecule is CCCCO[Si](C)(O)C([SiH3])[Si](C)(O[SiH](O)C1CCCCC1)[SH+]O. The molecule has 1 fully saturated rings. The van der Waals surface area contributed by atoms with E-state index in [2.05, 4.69) is 6.92 Å². The van der Waals surface area contributed by atoms with E-state index in [1.807, 2.05) is 13.1 Å². The second kappa shape index (κ2) is 10.2. The van der Waals surface area contributed by atoms with Crippen molar-refractivity contribution in [1.82, 2.24) is 0 Å². The van der Waals surface area contributed by atoms with Gasteiger partial charge in [0.25, 0.3) is 0 Å². The van der Waals surface area contributed by atoms with Crippen LogP contribution in [0.5, 0.6) is 0 Å². The predicted molar refractivity (Wildman–Crippen MR) is 109 cm³/mol. The monoisotopic (exact) mass is 415 g/mol. The zero-order valence-corrected chi connectivity index (χ0v) is 21.0. The summed E-state index contributed by atoms with van der Waals surface area (Å²) in [6.45, 7) is 6.44. The van der Waals surface area contributed by atoms with Crippen molar-refractivity contribution in [2.45, 2.75) is 75.3 Å². The summed E-state index contributed by atoms with van der Waals surface area (Å²) in [4.78, 5) is 21.4. The van der Waals surface area contributed by atoms with Gasteiger partial charge >= 0.3 is 25.3 Å². The number of thiol groups is 1. The van der Waals surface area contributed by atoms with Crippen LogP contribution in [0.1, 0.15) is 51.9 Å². The summed E-state index contributed by atoms with van der Waals surface area (Å²) in [5.41, 5.74) is 0.304. The van der Waals surface area contributed by atoms with Gasteiger partial charge in [0.05, 0.1) is 16.3 Å². The third kappa shape index (κ3) is 6.68. The average Bonchev–Trinajstić information content (AvgIpc) is 2.54. The molecular formula is C13H35O5SSi4+. The van der Waals surface area contributed by atoms with E-state index in [1.165, 1.54) is 19.3 Å². The Morgan fingerprint density at radius 2 is 1.91 bits per heavy atom. The summed E-state index contributed by atoms with van der Waals surface area (Å²) in [6, 6.07) is 0. The van der Waals surface area contributed by atoms with Crippen LogP contribution < -0.4 is 0 Å². The van der Waals surface area contributed by atoms with E-state index in [9.17, 15) is 14.1 Å². The van der Waals surface area contributed by atoms with E-state index < -0.39 is 25.3 Å². The van der Waals surface area contributed by atoms with Crippen LogP contribution in [-0.4, -0.2) is 56.3 Å². The average molecular weight is 416 g/mol. The molecule has 4 atom stereocenters. The minimum Gasteiger partial charge on any atom is -0.413 e. The van der Waals surface area contributed by atoms with Gasteiger partial charge in [-0.2, -0.15) is 0 Å². The van der Waals surface area contributed by atoms with Gasteiger partial charge in [-0.3, -0.25) is 0 Å². The highest BCUT2D eigenvalue weighted by atomic mass is 32.4. The normalized spacial score (nSPS) is 24.8. The molecule has 23 heavy (non-hydrogen) atoms. The molecule has 3 N–H and O–H groups in total. The molecule has 5 nitrogen and oxygen atoms in total. The van der Waals surface area contributed by atoms with E-state index in [1.54, 1.807) is 0 Å². The highest BCUT2D eigenvalue weighted by molar-refractivity contribution is 8.07. The van der Waals surface area contributed by atoms with Crippen LogP contribution in [-0.2, 0) is 20.0 Å². The van der Waals surface area contributed by atoms with Gasteiger partial charge in [0, 0.05) is 23.4 Å². The van der Waals surface area contributed by atoms with Crippen LogP contribution in [0.15, 0.2) is 0 Å².